The number of amides is 1. The number of nitrogens with zero attached hydrogens (tertiary/aromatic N) is 2. The van der Waals surface area contributed by atoms with Crippen molar-refractivity contribution in [2.45, 2.75) is 6.42 Å². The van der Waals surface area contributed by atoms with E-state index in [1.54, 1.807) is 41.8 Å². The number of aliphatic carboxylic acids is 1. The molecule has 0 fully saturated rings. The maximum Gasteiger partial charge on any atom is 0.246 e. The van der Waals surface area contributed by atoms with E-state index in [4.69, 9.17) is 4.74 Å². The van der Waals surface area contributed by atoms with Gasteiger partial charge in [0.1, 0.15) is 23.2 Å². The molecule has 29 heavy (non-hydrogen) atoms. The molecule has 0 radical (unpaired) electrons. The molecule has 9 heteroatoms. The van der Waals surface area contributed by atoms with Gasteiger partial charge in [0.05, 0.1) is 24.3 Å². The number of para-hydroxylation sites is 1. The summed E-state index contributed by atoms with van der Waals surface area (Å²) < 4.78 is 18.1. The predicted molar refractivity (Wildman–Crippen MR) is 104 cm³/mol. The van der Waals surface area contributed by atoms with E-state index in [9.17, 15) is 19.1 Å². The fraction of sp³-hybridized carbons (Fsp3) is 0.100. The summed E-state index contributed by atoms with van der Waals surface area (Å²) in [6.45, 7) is -0.586. The number of hydrogen-bond acceptors (Lipinski definition) is 7. The third-order valence-corrected chi connectivity index (χ3v) is 4.58. The first-order valence-corrected chi connectivity index (χ1v) is 9.33. The number of nitrogens with one attached hydrogen (secondary N) is 1. The van der Waals surface area contributed by atoms with Crippen molar-refractivity contribution in [1.29, 1.82) is 0 Å². The Labute approximate surface area is 169 Å². The fourth-order valence-electron chi connectivity index (χ4n) is 2.35. The van der Waals surface area contributed by atoms with Crippen LogP contribution >= 0.6 is 11.3 Å². The summed E-state index contributed by atoms with van der Waals surface area (Å²) in [5.74, 6) is -1.73. The van der Waals surface area contributed by atoms with Crippen LogP contribution in [0.3, 0.4) is 0 Å². The number of rotatable bonds is 8. The number of thiazole rings is 1. The van der Waals surface area contributed by atoms with Crippen LogP contribution in [-0.2, 0) is 16.0 Å². The van der Waals surface area contributed by atoms with Crippen molar-refractivity contribution in [3.63, 3.8) is 0 Å². The quantitative estimate of drug-likeness (QED) is 0.449. The Bertz CT molecular complexity index is 1030. The topological polar surface area (TPSA) is 104 Å². The van der Waals surface area contributed by atoms with E-state index in [0.29, 0.717) is 22.0 Å². The minimum Gasteiger partial charge on any atom is -0.546 e. The number of hydrazone groups is 1. The lowest BCUT2D eigenvalue weighted by Crippen LogP contribution is -2.29. The number of carbonyl (C=O) groups is 2. The van der Waals surface area contributed by atoms with E-state index in [2.05, 4.69) is 15.5 Å². The molecule has 1 N–H and O–H groups in total. The van der Waals surface area contributed by atoms with Crippen LogP contribution in [0.15, 0.2) is 59.0 Å². The first-order chi connectivity index (χ1) is 14.0. The molecule has 0 saturated carbocycles. The van der Waals surface area contributed by atoms with Crippen LogP contribution in [0.5, 0.6) is 5.75 Å². The van der Waals surface area contributed by atoms with Gasteiger partial charge in [-0.25, -0.2) is 14.8 Å². The summed E-state index contributed by atoms with van der Waals surface area (Å²) in [7, 11) is 0. The van der Waals surface area contributed by atoms with Gasteiger partial charge in [0.2, 0.25) is 5.91 Å². The molecule has 0 saturated heterocycles. The molecular weight excluding hydrogens is 397 g/mol. The van der Waals surface area contributed by atoms with Gasteiger partial charge < -0.3 is 14.6 Å². The van der Waals surface area contributed by atoms with Gasteiger partial charge in [0.15, 0.2) is 0 Å². The molecule has 0 aliphatic rings. The molecule has 3 rings (SSSR count). The predicted octanol–water partition coefficient (Wildman–Crippen LogP) is 1.77. The third-order valence-electron chi connectivity index (χ3n) is 3.64. The first kappa shape index (κ1) is 20.2. The normalized spacial score (nSPS) is 10.8. The van der Waals surface area contributed by atoms with Crippen molar-refractivity contribution in [2.24, 2.45) is 5.10 Å². The van der Waals surface area contributed by atoms with E-state index in [0.717, 1.165) is 5.56 Å². The van der Waals surface area contributed by atoms with Crippen molar-refractivity contribution in [3.8, 4) is 16.3 Å². The highest BCUT2D eigenvalue weighted by Gasteiger charge is 2.09. The molecule has 0 aliphatic heterocycles. The summed E-state index contributed by atoms with van der Waals surface area (Å²) in [4.78, 5) is 27.0. The van der Waals surface area contributed by atoms with Gasteiger partial charge in [-0.3, -0.25) is 4.79 Å². The van der Waals surface area contributed by atoms with E-state index < -0.39 is 12.6 Å². The highest BCUT2D eigenvalue weighted by atomic mass is 32.1. The number of halogens is 1. The molecule has 1 heterocycles. The average molecular weight is 412 g/mol. The zero-order chi connectivity index (χ0) is 20.6. The second-order valence-corrected chi connectivity index (χ2v) is 6.68. The van der Waals surface area contributed by atoms with Gasteiger partial charge in [-0.2, -0.15) is 5.10 Å². The number of aromatic nitrogens is 1. The Morgan fingerprint density at radius 3 is 2.72 bits per heavy atom. The zero-order valence-electron chi connectivity index (χ0n) is 15.0. The lowest BCUT2D eigenvalue weighted by Gasteiger charge is -2.08. The minimum atomic E-state index is -1.34. The van der Waals surface area contributed by atoms with Gasteiger partial charge in [-0.15, -0.1) is 11.3 Å². The van der Waals surface area contributed by atoms with Crippen molar-refractivity contribution < 1.29 is 23.8 Å². The van der Waals surface area contributed by atoms with Gasteiger partial charge >= 0.3 is 0 Å². The molecule has 0 bridgehead atoms. The van der Waals surface area contributed by atoms with Crippen LogP contribution in [0, 0.1) is 5.82 Å². The second-order valence-electron chi connectivity index (χ2n) is 5.82. The standard InChI is InChI=1S/C20H16FN3O4S/c21-15-7-5-13(6-8-15)20-23-16(12-29-20)9-18(25)24-22-10-14-3-1-2-4-17(14)28-11-19(26)27/h1-8,10,12H,9,11H2,(H,24,25)(H,26,27)/p-1/b22-10-. The van der Waals surface area contributed by atoms with Gasteiger partial charge in [0, 0.05) is 16.5 Å². The van der Waals surface area contributed by atoms with Crippen molar-refractivity contribution in [1.82, 2.24) is 10.4 Å². The summed E-state index contributed by atoms with van der Waals surface area (Å²) >= 11 is 1.36. The molecule has 0 aliphatic carbocycles. The van der Waals surface area contributed by atoms with E-state index in [1.165, 1.54) is 29.7 Å². The van der Waals surface area contributed by atoms with Gasteiger partial charge in [-0.1, -0.05) is 12.1 Å². The zero-order valence-corrected chi connectivity index (χ0v) is 15.8. The first-order valence-electron chi connectivity index (χ1n) is 8.45. The number of hydrogen-bond donors (Lipinski definition) is 1. The minimum absolute atomic E-state index is 0.0257. The van der Waals surface area contributed by atoms with Crippen LogP contribution < -0.4 is 15.3 Å². The van der Waals surface area contributed by atoms with Crippen LogP contribution in [-0.4, -0.2) is 29.7 Å². The molecular formula is C20H15FN3O4S-. The van der Waals surface area contributed by atoms with Crippen LogP contribution in [0.25, 0.3) is 10.6 Å². The number of benzene rings is 2. The summed E-state index contributed by atoms with van der Waals surface area (Å²) in [6.07, 6.45) is 1.38. The van der Waals surface area contributed by atoms with Crippen LogP contribution in [0.4, 0.5) is 4.39 Å². The van der Waals surface area contributed by atoms with Crippen LogP contribution in [0.2, 0.25) is 0 Å². The Morgan fingerprint density at radius 1 is 1.21 bits per heavy atom. The molecule has 0 unspecified atom stereocenters. The molecule has 148 valence electrons. The fourth-order valence-corrected chi connectivity index (χ4v) is 3.17. The molecule has 0 spiro atoms. The smallest absolute Gasteiger partial charge is 0.246 e. The van der Waals surface area contributed by atoms with Gasteiger partial charge in [0.25, 0.3) is 0 Å². The summed E-state index contributed by atoms with van der Waals surface area (Å²) in [5.41, 5.74) is 4.23. The summed E-state index contributed by atoms with van der Waals surface area (Å²) in [6, 6.07) is 12.6. The van der Waals surface area contributed by atoms with E-state index in [1.807, 2.05) is 0 Å². The van der Waals surface area contributed by atoms with Crippen molar-refractivity contribution in [3.05, 3.63) is 71.0 Å². The Hall–Kier alpha value is -3.59. The lowest BCUT2D eigenvalue weighted by molar-refractivity contribution is -0.307. The summed E-state index contributed by atoms with van der Waals surface area (Å²) in [5, 5.41) is 16.8. The monoisotopic (exact) mass is 412 g/mol. The molecule has 0 atom stereocenters. The SMILES string of the molecule is O=C([O-])COc1ccccc1/C=N\NC(=O)Cc1csc(-c2ccc(F)cc2)n1. The molecule has 2 aromatic carbocycles. The highest BCUT2D eigenvalue weighted by molar-refractivity contribution is 7.13. The molecule has 1 aromatic heterocycles. The van der Waals surface area contributed by atoms with Crippen molar-refractivity contribution >= 4 is 29.4 Å². The van der Waals surface area contributed by atoms with Crippen LogP contribution in [0.1, 0.15) is 11.3 Å². The lowest BCUT2D eigenvalue weighted by atomic mass is 10.2. The van der Waals surface area contributed by atoms with Gasteiger partial charge in [-0.05, 0) is 36.4 Å². The number of carboxylic acid groups (broad SMARTS) is 1. The number of ether oxygens (including phenoxy) is 1. The number of carboxylic acids is 1. The van der Waals surface area contributed by atoms with E-state index in [-0.39, 0.29) is 18.1 Å². The Kier molecular flexibility index (Phi) is 6.64. The molecule has 3 aromatic rings. The Balaban J connectivity index is 1.57. The third kappa shape index (κ3) is 5.94. The largest absolute Gasteiger partial charge is 0.546 e. The second kappa shape index (κ2) is 9.56. The maximum absolute atomic E-state index is 13.0. The Morgan fingerprint density at radius 2 is 1.97 bits per heavy atom. The average Bonchev–Trinajstić information content (AvgIpc) is 3.16. The highest BCUT2D eigenvalue weighted by Crippen LogP contribution is 2.24. The molecule has 7 nitrogen and oxygen atoms in total. The maximum atomic E-state index is 13.0. The van der Waals surface area contributed by atoms with E-state index >= 15 is 0 Å². The van der Waals surface area contributed by atoms with Crippen molar-refractivity contribution in [2.75, 3.05) is 6.61 Å². The number of carbonyl (C=O) groups excluding carboxylic acids is 2. The molecule has 1 amide bonds.